The van der Waals surface area contributed by atoms with Crippen molar-refractivity contribution in [2.24, 2.45) is 11.3 Å². The van der Waals surface area contributed by atoms with Crippen molar-refractivity contribution in [3.05, 3.63) is 65.6 Å². The maximum Gasteiger partial charge on any atom is 0.408 e. The minimum absolute atomic E-state index is 0.00673. The van der Waals surface area contributed by atoms with Crippen LogP contribution < -0.4 is 10.6 Å². The van der Waals surface area contributed by atoms with Gasteiger partial charge in [-0.1, -0.05) is 30.3 Å². The van der Waals surface area contributed by atoms with Gasteiger partial charge in [-0.25, -0.2) is 31.9 Å². The highest BCUT2D eigenvalue weighted by Gasteiger charge is 2.57. The number of aromatic nitrogens is 3. The molecule has 2 unspecified atom stereocenters. The molecule has 0 radical (unpaired) electrons. The maximum atomic E-state index is 14.3. The van der Waals surface area contributed by atoms with E-state index in [0.717, 1.165) is 12.7 Å². The van der Waals surface area contributed by atoms with Gasteiger partial charge in [0.15, 0.2) is 11.1 Å². The Labute approximate surface area is 244 Å². The van der Waals surface area contributed by atoms with E-state index in [9.17, 15) is 31.9 Å². The van der Waals surface area contributed by atoms with E-state index < -0.39 is 60.7 Å². The Balaban J connectivity index is 1.40. The van der Waals surface area contributed by atoms with Crippen molar-refractivity contribution in [2.45, 2.75) is 63.0 Å². The molecule has 1 aliphatic carbocycles. The maximum absolute atomic E-state index is 14.3. The van der Waals surface area contributed by atoms with E-state index in [4.69, 9.17) is 9.47 Å². The lowest BCUT2D eigenvalue weighted by Crippen LogP contribution is -2.59. The molecule has 43 heavy (non-hydrogen) atoms. The Bertz CT molecular complexity index is 1480. The zero-order valence-electron chi connectivity index (χ0n) is 23.3. The summed E-state index contributed by atoms with van der Waals surface area (Å²) < 4.78 is 68.0. The van der Waals surface area contributed by atoms with E-state index in [-0.39, 0.29) is 43.9 Å². The quantitative estimate of drug-likeness (QED) is 0.222. The number of methoxy groups -OCH3 is 1. The molecule has 0 spiro atoms. The SMILES string of the molecule is COC(=O)C1(Cc2ccc3nc(C(NC(=O)OCc4ccccc4)C4CCC(F)(F)CC4)cn3n2)CC(F)(F)CNC1=O. The molecule has 2 atom stereocenters. The second-order valence-corrected chi connectivity index (χ2v) is 11.1. The van der Waals surface area contributed by atoms with Gasteiger partial charge in [-0.2, -0.15) is 5.10 Å². The number of amides is 2. The summed E-state index contributed by atoms with van der Waals surface area (Å²) in [4.78, 5) is 42.7. The zero-order valence-corrected chi connectivity index (χ0v) is 23.3. The fraction of sp³-hybridized carbons (Fsp3) is 0.483. The highest BCUT2D eigenvalue weighted by atomic mass is 19.3. The first-order valence-electron chi connectivity index (χ1n) is 13.8. The van der Waals surface area contributed by atoms with Crippen molar-refractivity contribution in [3.8, 4) is 0 Å². The molecule has 10 nitrogen and oxygen atoms in total. The van der Waals surface area contributed by atoms with Gasteiger partial charge in [-0.15, -0.1) is 0 Å². The average molecular weight is 606 g/mol. The first kappa shape index (κ1) is 30.2. The number of benzene rings is 1. The molecular formula is C29H31F4N5O5. The van der Waals surface area contributed by atoms with E-state index in [0.29, 0.717) is 11.3 Å². The third-order valence-electron chi connectivity index (χ3n) is 7.99. The van der Waals surface area contributed by atoms with Crippen LogP contribution in [0.1, 0.15) is 55.1 Å². The van der Waals surface area contributed by atoms with Gasteiger partial charge in [0.25, 0.3) is 5.92 Å². The predicted molar refractivity (Wildman–Crippen MR) is 143 cm³/mol. The largest absolute Gasteiger partial charge is 0.468 e. The molecule has 14 heteroatoms. The van der Waals surface area contributed by atoms with Crippen LogP contribution in [-0.2, 0) is 32.1 Å². The lowest BCUT2D eigenvalue weighted by atomic mass is 9.74. The topological polar surface area (TPSA) is 124 Å². The van der Waals surface area contributed by atoms with Crippen molar-refractivity contribution < 1.29 is 41.4 Å². The minimum atomic E-state index is -3.33. The first-order valence-corrected chi connectivity index (χ1v) is 13.8. The smallest absolute Gasteiger partial charge is 0.408 e. The molecule has 1 saturated heterocycles. The molecule has 3 aromatic rings. The summed E-state index contributed by atoms with van der Waals surface area (Å²) in [6.45, 7) is -0.885. The molecule has 2 fully saturated rings. The highest BCUT2D eigenvalue weighted by molar-refractivity contribution is 6.03. The van der Waals surface area contributed by atoms with Gasteiger partial charge in [0.05, 0.1) is 37.3 Å². The Morgan fingerprint density at radius 1 is 1.09 bits per heavy atom. The monoisotopic (exact) mass is 605 g/mol. The number of rotatable bonds is 8. The zero-order chi connectivity index (χ0) is 30.8. The van der Waals surface area contributed by atoms with E-state index in [1.54, 1.807) is 24.3 Å². The Hall–Kier alpha value is -4.23. The van der Waals surface area contributed by atoms with Gasteiger partial charge in [0.1, 0.15) is 6.61 Å². The number of hydrogen-bond acceptors (Lipinski definition) is 7. The number of hydrogen-bond donors (Lipinski definition) is 2. The summed E-state index contributed by atoms with van der Waals surface area (Å²) in [5.74, 6) is -8.48. The molecular weight excluding hydrogens is 574 g/mol. The molecule has 1 aromatic carbocycles. The Morgan fingerprint density at radius 3 is 2.51 bits per heavy atom. The van der Waals surface area contributed by atoms with Crippen LogP contribution in [0.3, 0.4) is 0 Å². The number of alkyl halides is 4. The van der Waals surface area contributed by atoms with Crippen LogP contribution in [0.4, 0.5) is 22.4 Å². The van der Waals surface area contributed by atoms with Crippen LogP contribution >= 0.6 is 0 Å². The van der Waals surface area contributed by atoms with Crippen LogP contribution in [0, 0.1) is 11.3 Å². The second-order valence-electron chi connectivity index (χ2n) is 11.1. The van der Waals surface area contributed by atoms with Crippen LogP contribution in [0.2, 0.25) is 0 Å². The first-order chi connectivity index (χ1) is 20.4. The Morgan fingerprint density at radius 2 is 1.81 bits per heavy atom. The molecule has 5 rings (SSSR count). The number of piperidine rings is 1. The summed E-state index contributed by atoms with van der Waals surface area (Å²) in [6.07, 6.45) is -1.18. The van der Waals surface area contributed by atoms with Crippen molar-refractivity contribution in [2.75, 3.05) is 13.7 Å². The molecule has 0 bridgehead atoms. The number of imidazole rings is 1. The predicted octanol–water partition coefficient (Wildman–Crippen LogP) is 4.38. The summed E-state index contributed by atoms with van der Waals surface area (Å²) >= 11 is 0. The number of fused-ring (bicyclic) bond motifs is 1. The summed E-state index contributed by atoms with van der Waals surface area (Å²) in [5, 5.41) is 9.27. The van der Waals surface area contributed by atoms with Gasteiger partial charge in [0, 0.05) is 25.7 Å². The molecule has 1 saturated carbocycles. The van der Waals surface area contributed by atoms with Crippen LogP contribution in [0.5, 0.6) is 0 Å². The third kappa shape index (κ3) is 6.73. The fourth-order valence-electron chi connectivity index (χ4n) is 5.75. The van der Waals surface area contributed by atoms with Gasteiger partial charge in [0.2, 0.25) is 11.8 Å². The third-order valence-corrected chi connectivity index (χ3v) is 7.99. The Kier molecular flexibility index (Phi) is 8.30. The molecule has 2 amide bonds. The van der Waals surface area contributed by atoms with Gasteiger partial charge in [-0.3, -0.25) is 9.59 Å². The van der Waals surface area contributed by atoms with E-state index in [2.05, 4.69) is 20.7 Å². The minimum Gasteiger partial charge on any atom is -0.468 e. The normalized spacial score (nSPS) is 22.4. The number of nitrogens with zero attached hydrogens (tertiary/aromatic N) is 3. The fourth-order valence-corrected chi connectivity index (χ4v) is 5.75. The number of ether oxygens (including phenoxy) is 2. The number of alkyl carbamates (subject to hydrolysis) is 1. The number of halogens is 4. The van der Waals surface area contributed by atoms with Crippen LogP contribution in [0.25, 0.3) is 5.65 Å². The summed E-state index contributed by atoms with van der Waals surface area (Å²) in [5.41, 5.74) is -0.638. The molecule has 2 N–H and O–H groups in total. The van der Waals surface area contributed by atoms with Gasteiger partial charge >= 0.3 is 12.1 Å². The standard InChI is InChI=1S/C29H31F4N5O5/c1-42-25(40)27(16-29(32,33)17-34-24(27)39)13-20-7-8-22-35-21(14-38(22)37-20)23(19-9-11-28(30,31)12-10-19)36-26(41)43-15-18-5-3-2-4-6-18/h2-8,14,19,23H,9-13,15-17H2,1H3,(H,34,39)(H,36,41). The van der Waals surface area contributed by atoms with Crippen LogP contribution in [0.15, 0.2) is 48.7 Å². The van der Waals surface area contributed by atoms with Crippen LogP contribution in [-0.4, -0.2) is 58.1 Å². The summed E-state index contributed by atoms with van der Waals surface area (Å²) in [7, 11) is 1.02. The number of esters is 1. The summed E-state index contributed by atoms with van der Waals surface area (Å²) in [6, 6.07) is 11.2. The highest BCUT2D eigenvalue weighted by Crippen LogP contribution is 2.42. The van der Waals surface area contributed by atoms with Crippen molar-refractivity contribution in [1.29, 1.82) is 0 Å². The lowest BCUT2D eigenvalue weighted by molar-refractivity contribution is -0.172. The molecule has 3 heterocycles. The van der Waals surface area contributed by atoms with E-state index in [1.165, 1.54) is 22.8 Å². The molecule has 2 aromatic heterocycles. The van der Waals surface area contributed by atoms with Gasteiger partial charge < -0.3 is 20.1 Å². The van der Waals surface area contributed by atoms with Crippen molar-refractivity contribution in [1.82, 2.24) is 25.2 Å². The lowest BCUT2D eigenvalue weighted by Gasteiger charge is -2.37. The molecule has 1 aliphatic heterocycles. The second kappa shape index (κ2) is 11.8. The van der Waals surface area contributed by atoms with Gasteiger partial charge in [-0.05, 0) is 36.5 Å². The molecule has 2 aliphatic rings. The van der Waals surface area contributed by atoms with Crippen molar-refractivity contribution in [3.63, 3.8) is 0 Å². The van der Waals surface area contributed by atoms with E-state index in [1.807, 2.05) is 6.07 Å². The number of nitrogens with one attached hydrogen (secondary N) is 2. The van der Waals surface area contributed by atoms with E-state index >= 15 is 0 Å². The molecule has 230 valence electrons. The number of carbonyl (C=O) groups is 3. The van der Waals surface area contributed by atoms with Crippen molar-refractivity contribution >= 4 is 23.6 Å². The number of carbonyl (C=O) groups excluding carboxylic acids is 3. The average Bonchev–Trinajstić information content (AvgIpc) is 3.40.